The first-order valence-corrected chi connectivity index (χ1v) is 7.36. The van der Waals surface area contributed by atoms with E-state index in [0.717, 1.165) is 12.0 Å². The van der Waals surface area contributed by atoms with E-state index in [9.17, 15) is 13.6 Å². The number of benzene rings is 2. The molecule has 0 radical (unpaired) electrons. The Morgan fingerprint density at radius 2 is 1.83 bits per heavy atom. The van der Waals surface area contributed by atoms with Crippen LogP contribution >= 0.6 is 0 Å². The first kappa shape index (κ1) is 15.9. The average Bonchev–Trinajstić information content (AvgIpc) is 3.06. The van der Waals surface area contributed by atoms with Crippen LogP contribution in [0.15, 0.2) is 59.3 Å². The predicted molar refractivity (Wildman–Crippen MR) is 84.3 cm³/mol. The summed E-state index contributed by atoms with van der Waals surface area (Å²) in [6, 6.07) is 12.1. The number of hydrogen-bond acceptors (Lipinski definition) is 3. The topological polar surface area (TPSA) is 55.1 Å². The molecule has 0 unspecified atom stereocenters. The van der Waals surface area contributed by atoms with Crippen LogP contribution in [0.2, 0.25) is 0 Å². The summed E-state index contributed by atoms with van der Waals surface area (Å²) in [6.45, 7) is 0.341. The zero-order valence-corrected chi connectivity index (χ0v) is 12.6. The highest BCUT2D eigenvalue weighted by molar-refractivity contribution is 5.97. The molecule has 122 valence electrons. The Labute approximate surface area is 137 Å². The highest BCUT2D eigenvalue weighted by Crippen LogP contribution is 2.25. The number of oxazole rings is 1. The normalized spacial score (nSPS) is 10.6. The molecule has 1 heterocycles. The lowest BCUT2D eigenvalue weighted by molar-refractivity contribution is 0.0950. The molecule has 4 nitrogen and oxygen atoms in total. The summed E-state index contributed by atoms with van der Waals surface area (Å²) >= 11 is 0. The van der Waals surface area contributed by atoms with E-state index < -0.39 is 11.7 Å². The zero-order valence-electron chi connectivity index (χ0n) is 12.6. The minimum atomic E-state index is -0.491. The van der Waals surface area contributed by atoms with E-state index in [1.165, 1.54) is 24.3 Å². The standard InChI is InChI=1S/C18H14F2N2O2/c19-13-7-5-12(6-8-13)9-10-21-18(23)16-17(24-11-22-16)14-3-1-2-4-15(14)20/h1-8,11H,9-10H2,(H,21,23). The fraction of sp³-hybridized carbons (Fsp3) is 0.111. The average molecular weight is 328 g/mol. The molecule has 24 heavy (non-hydrogen) atoms. The Hall–Kier alpha value is -3.02. The van der Waals surface area contributed by atoms with E-state index in [1.807, 2.05) is 0 Å². The van der Waals surface area contributed by atoms with Gasteiger partial charge in [-0.1, -0.05) is 24.3 Å². The summed E-state index contributed by atoms with van der Waals surface area (Å²) in [4.78, 5) is 16.1. The molecule has 3 aromatic rings. The number of rotatable bonds is 5. The van der Waals surface area contributed by atoms with E-state index in [1.54, 1.807) is 24.3 Å². The maximum absolute atomic E-state index is 13.9. The number of amides is 1. The highest BCUT2D eigenvalue weighted by atomic mass is 19.1. The summed E-state index contributed by atoms with van der Waals surface area (Å²) < 4.78 is 31.9. The lowest BCUT2D eigenvalue weighted by atomic mass is 10.1. The van der Waals surface area contributed by atoms with Crippen molar-refractivity contribution in [3.05, 3.63) is 77.8 Å². The van der Waals surface area contributed by atoms with Gasteiger partial charge in [-0.3, -0.25) is 4.79 Å². The molecule has 0 fully saturated rings. The van der Waals surface area contributed by atoms with E-state index >= 15 is 0 Å². The maximum atomic E-state index is 13.9. The van der Waals surface area contributed by atoms with Crippen LogP contribution in [0.1, 0.15) is 16.1 Å². The second-order valence-electron chi connectivity index (χ2n) is 5.14. The number of nitrogens with one attached hydrogen (secondary N) is 1. The van der Waals surface area contributed by atoms with Gasteiger partial charge in [0.15, 0.2) is 17.8 Å². The maximum Gasteiger partial charge on any atom is 0.273 e. The molecular weight excluding hydrogens is 314 g/mol. The first-order chi connectivity index (χ1) is 11.6. The van der Waals surface area contributed by atoms with Gasteiger partial charge in [-0.15, -0.1) is 0 Å². The molecule has 0 atom stereocenters. The van der Waals surface area contributed by atoms with Crippen molar-refractivity contribution in [2.24, 2.45) is 0 Å². The molecule has 0 bridgehead atoms. The van der Waals surface area contributed by atoms with Crippen molar-refractivity contribution in [3.63, 3.8) is 0 Å². The van der Waals surface area contributed by atoms with Gasteiger partial charge in [0.25, 0.3) is 5.91 Å². The van der Waals surface area contributed by atoms with Gasteiger partial charge in [-0.05, 0) is 36.2 Å². The Kier molecular flexibility index (Phi) is 4.65. The van der Waals surface area contributed by atoms with Crippen LogP contribution in [0.5, 0.6) is 0 Å². The summed E-state index contributed by atoms with van der Waals surface area (Å²) in [5.41, 5.74) is 1.10. The van der Waals surface area contributed by atoms with Crippen LogP contribution in [-0.4, -0.2) is 17.4 Å². The molecule has 1 amide bonds. The summed E-state index contributed by atoms with van der Waals surface area (Å²) in [6.07, 6.45) is 1.65. The Balaban J connectivity index is 1.67. The molecule has 3 rings (SSSR count). The van der Waals surface area contributed by atoms with Crippen molar-refractivity contribution in [1.29, 1.82) is 0 Å². The third-order valence-electron chi connectivity index (χ3n) is 3.51. The molecule has 6 heteroatoms. The molecule has 0 saturated carbocycles. The summed E-state index contributed by atoms with van der Waals surface area (Å²) in [5.74, 6) is -1.16. The van der Waals surface area contributed by atoms with Crippen molar-refractivity contribution in [2.45, 2.75) is 6.42 Å². The van der Waals surface area contributed by atoms with Crippen LogP contribution in [-0.2, 0) is 6.42 Å². The Morgan fingerprint density at radius 1 is 1.08 bits per heavy atom. The summed E-state index contributed by atoms with van der Waals surface area (Å²) in [5, 5.41) is 2.70. The van der Waals surface area contributed by atoms with Crippen LogP contribution in [0.25, 0.3) is 11.3 Å². The van der Waals surface area contributed by atoms with E-state index in [-0.39, 0.29) is 22.8 Å². The predicted octanol–water partition coefficient (Wildman–Crippen LogP) is 3.59. The lowest BCUT2D eigenvalue weighted by Gasteiger charge is -2.05. The smallest absolute Gasteiger partial charge is 0.273 e. The van der Waals surface area contributed by atoms with Crippen LogP contribution in [0.4, 0.5) is 8.78 Å². The minimum Gasteiger partial charge on any atom is -0.443 e. The van der Waals surface area contributed by atoms with Crippen molar-refractivity contribution in [1.82, 2.24) is 10.3 Å². The molecule has 0 saturated heterocycles. The second kappa shape index (κ2) is 7.04. The molecule has 0 aliphatic heterocycles. The third-order valence-corrected chi connectivity index (χ3v) is 3.51. The molecule has 0 aliphatic carbocycles. The third kappa shape index (κ3) is 3.48. The Morgan fingerprint density at radius 3 is 2.58 bits per heavy atom. The molecule has 1 aromatic heterocycles. The van der Waals surface area contributed by atoms with Gasteiger partial charge in [-0.2, -0.15) is 0 Å². The largest absolute Gasteiger partial charge is 0.443 e. The number of nitrogens with zero attached hydrogens (tertiary/aromatic N) is 1. The lowest BCUT2D eigenvalue weighted by Crippen LogP contribution is -2.26. The van der Waals surface area contributed by atoms with Crippen molar-refractivity contribution < 1.29 is 18.0 Å². The first-order valence-electron chi connectivity index (χ1n) is 7.36. The van der Waals surface area contributed by atoms with Gasteiger partial charge in [0.05, 0.1) is 5.56 Å². The van der Waals surface area contributed by atoms with Gasteiger partial charge in [0.1, 0.15) is 11.6 Å². The molecule has 0 spiro atoms. The number of carbonyl (C=O) groups excluding carboxylic acids is 1. The monoisotopic (exact) mass is 328 g/mol. The van der Waals surface area contributed by atoms with Crippen molar-refractivity contribution >= 4 is 5.91 Å². The van der Waals surface area contributed by atoms with Gasteiger partial charge in [0.2, 0.25) is 0 Å². The fourth-order valence-electron chi connectivity index (χ4n) is 2.30. The molecule has 2 aromatic carbocycles. The zero-order chi connectivity index (χ0) is 16.9. The van der Waals surface area contributed by atoms with E-state index in [0.29, 0.717) is 13.0 Å². The van der Waals surface area contributed by atoms with Crippen LogP contribution < -0.4 is 5.32 Å². The number of aromatic nitrogens is 1. The number of carbonyl (C=O) groups is 1. The van der Waals surface area contributed by atoms with Gasteiger partial charge < -0.3 is 9.73 Å². The van der Waals surface area contributed by atoms with Crippen molar-refractivity contribution in [2.75, 3.05) is 6.54 Å². The van der Waals surface area contributed by atoms with Crippen LogP contribution in [0.3, 0.4) is 0 Å². The SMILES string of the molecule is O=C(NCCc1ccc(F)cc1)c1ncoc1-c1ccccc1F. The van der Waals surface area contributed by atoms with E-state index in [4.69, 9.17) is 4.42 Å². The minimum absolute atomic E-state index is 0.0270. The summed E-state index contributed by atoms with van der Waals surface area (Å²) in [7, 11) is 0. The quantitative estimate of drug-likeness (QED) is 0.779. The van der Waals surface area contributed by atoms with Gasteiger partial charge >= 0.3 is 0 Å². The van der Waals surface area contributed by atoms with Gasteiger partial charge in [-0.25, -0.2) is 13.8 Å². The van der Waals surface area contributed by atoms with Gasteiger partial charge in [0, 0.05) is 6.54 Å². The molecule has 1 N–H and O–H groups in total. The Bertz CT molecular complexity index is 844. The van der Waals surface area contributed by atoms with Crippen molar-refractivity contribution in [3.8, 4) is 11.3 Å². The number of hydrogen-bond donors (Lipinski definition) is 1. The fourth-order valence-corrected chi connectivity index (χ4v) is 2.30. The molecule has 0 aliphatic rings. The number of halogens is 2. The van der Waals surface area contributed by atoms with E-state index in [2.05, 4.69) is 10.3 Å². The highest BCUT2D eigenvalue weighted by Gasteiger charge is 2.20. The second-order valence-corrected chi connectivity index (χ2v) is 5.14. The molecular formula is C18H14F2N2O2. The van der Waals surface area contributed by atoms with Crippen LogP contribution in [0, 0.1) is 11.6 Å².